The van der Waals surface area contributed by atoms with E-state index in [1.165, 1.54) is 0 Å². The lowest BCUT2D eigenvalue weighted by Crippen LogP contribution is -2.58. The number of hydrogen-bond acceptors (Lipinski definition) is 9. The summed E-state index contributed by atoms with van der Waals surface area (Å²) in [6.07, 6.45) is -3.24. The van der Waals surface area contributed by atoms with E-state index in [0.29, 0.717) is 0 Å². The second-order valence-corrected chi connectivity index (χ2v) is 7.44. The van der Waals surface area contributed by atoms with Gasteiger partial charge in [-0.1, -0.05) is 0 Å². The van der Waals surface area contributed by atoms with Gasteiger partial charge in [-0.25, -0.2) is 4.79 Å². The second-order valence-electron chi connectivity index (χ2n) is 7.44. The molecule has 198 valence electrons. The van der Waals surface area contributed by atoms with E-state index in [0.717, 1.165) is 6.92 Å². The van der Waals surface area contributed by atoms with Gasteiger partial charge in [0, 0.05) is 6.54 Å². The lowest BCUT2D eigenvalue weighted by Gasteiger charge is -2.25. The van der Waals surface area contributed by atoms with Crippen LogP contribution < -0.4 is 33.2 Å². The maximum absolute atomic E-state index is 12.8. The summed E-state index contributed by atoms with van der Waals surface area (Å²) >= 11 is 0. The topological polar surface area (TPSA) is 310 Å². The zero-order valence-corrected chi connectivity index (χ0v) is 18.8. The Bertz CT molecular complexity index is 828. The van der Waals surface area contributed by atoms with Gasteiger partial charge in [0.2, 0.25) is 17.7 Å². The summed E-state index contributed by atoms with van der Waals surface area (Å²) in [4.78, 5) is 74.3. The standard InChI is InChI=1S/C18H31N7O10/c1-7(26)13(17(34)35)25-16(33)10(6-12(29)30)24-15(32)9(3-2-4-22-18(20)21)23-14(31)8(19)5-11(27)28/h7-10,13,26H,2-6,19H2,1H3,(H,23,31)(H,24,32)(H,25,33)(H,27,28)(H,29,30)(H,34,35)(H4,20,21,22). The summed E-state index contributed by atoms with van der Waals surface area (Å²) in [7, 11) is 0. The van der Waals surface area contributed by atoms with Crippen LogP contribution in [0.3, 0.4) is 0 Å². The Kier molecular flexibility index (Phi) is 13.3. The van der Waals surface area contributed by atoms with Crippen LogP contribution in [0.5, 0.6) is 0 Å². The minimum Gasteiger partial charge on any atom is -0.481 e. The Hall–Kier alpha value is -3.99. The van der Waals surface area contributed by atoms with Crippen LogP contribution >= 0.6 is 0 Å². The molecule has 0 spiro atoms. The summed E-state index contributed by atoms with van der Waals surface area (Å²) in [6, 6.07) is -6.50. The summed E-state index contributed by atoms with van der Waals surface area (Å²) in [5, 5.41) is 42.7. The highest BCUT2D eigenvalue weighted by Crippen LogP contribution is 2.04. The van der Waals surface area contributed by atoms with E-state index >= 15 is 0 Å². The first kappa shape index (κ1) is 31.0. The molecule has 5 atom stereocenters. The molecule has 0 saturated heterocycles. The number of nitrogens with zero attached hydrogens (tertiary/aromatic N) is 1. The van der Waals surface area contributed by atoms with Crippen molar-refractivity contribution < 1.29 is 49.2 Å². The third-order valence-corrected chi connectivity index (χ3v) is 4.37. The Morgan fingerprint density at radius 2 is 1.34 bits per heavy atom. The van der Waals surface area contributed by atoms with Crippen molar-refractivity contribution >= 4 is 41.6 Å². The lowest BCUT2D eigenvalue weighted by atomic mass is 10.1. The molecule has 0 heterocycles. The number of aliphatic hydroxyl groups excluding tert-OH is 1. The van der Waals surface area contributed by atoms with Crippen LogP contribution in [0.1, 0.15) is 32.6 Å². The van der Waals surface area contributed by atoms with E-state index in [-0.39, 0.29) is 25.3 Å². The Balaban J connectivity index is 5.64. The van der Waals surface area contributed by atoms with Crippen LogP contribution in [0.2, 0.25) is 0 Å². The molecule has 0 aliphatic rings. The van der Waals surface area contributed by atoms with Crippen LogP contribution in [0.15, 0.2) is 4.99 Å². The van der Waals surface area contributed by atoms with E-state index in [1.54, 1.807) is 0 Å². The molecule has 0 aliphatic heterocycles. The number of carboxylic acids is 3. The van der Waals surface area contributed by atoms with Crippen LogP contribution in [0.4, 0.5) is 0 Å². The molecule has 5 unspecified atom stereocenters. The maximum Gasteiger partial charge on any atom is 0.328 e. The minimum atomic E-state index is -1.79. The number of carbonyl (C=O) groups excluding carboxylic acids is 3. The number of carboxylic acid groups (broad SMARTS) is 3. The quantitative estimate of drug-likeness (QED) is 0.0535. The largest absolute Gasteiger partial charge is 0.481 e. The van der Waals surface area contributed by atoms with E-state index in [9.17, 15) is 33.9 Å². The van der Waals surface area contributed by atoms with Crippen LogP contribution in [0.25, 0.3) is 0 Å². The van der Waals surface area contributed by atoms with Crippen molar-refractivity contribution in [2.45, 2.75) is 62.9 Å². The number of carbonyl (C=O) groups is 6. The number of aliphatic hydroxyl groups is 1. The molecule has 3 amide bonds. The number of aliphatic carboxylic acids is 3. The molecule has 0 rings (SSSR count). The first-order chi connectivity index (χ1) is 16.1. The predicted octanol–water partition coefficient (Wildman–Crippen LogP) is -4.76. The molecule has 0 aromatic rings. The third-order valence-electron chi connectivity index (χ3n) is 4.37. The fourth-order valence-corrected chi connectivity index (χ4v) is 2.63. The average Bonchev–Trinajstić information content (AvgIpc) is 2.71. The van der Waals surface area contributed by atoms with Gasteiger partial charge in [-0.3, -0.25) is 29.0 Å². The van der Waals surface area contributed by atoms with Gasteiger partial charge in [0.25, 0.3) is 0 Å². The highest BCUT2D eigenvalue weighted by molar-refractivity contribution is 5.96. The zero-order chi connectivity index (χ0) is 27.3. The summed E-state index contributed by atoms with van der Waals surface area (Å²) in [5.74, 6) is -8.00. The minimum absolute atomic E-state index is 0.0386. The van der Waals surface area contributed by atoms with Crippen molar-refractivity contribution in [3.8, 4) is 0 Å². The molecule has 0 radical (unpaired) electrons. The number of nitrogens with two attached hydrogens (primary N) is 3. The van der Waals surface area contributed by atoms with Crippen molar-refractivity contribution in [3.63, 3.8) is 0 Å². The van der Waals surface area contributed by atoms with Gasteiger partial charge in [-0.05, 0) is 19.8 Å². The van der Waals surface area contributed by atoms with Gasteiger partial charge in [0.15, 0.2) is 12.0 Å². The summed E-state index contributed by atoms with van der Waals surface area (Å²) in [5.41, 5.74) is 15.9. The maximum atomic E-state index is 12.8. The molecule has 17 heteroatoms. The Labute approximate surface area is 199 Å². The number of guanidine groups is 1. The van der Waals surface area contributed by atoms with Crippen molar-refractivity contribution in [2.24, 2.45) is 22.2 Å². The fourth-order valence-electron chi connectivity index (χ4n) is 2.63. The SMILES string of the molecule is CC(O)C(NC(=O)C(CC(=O)O)NC(=O)C(CCCN=C(N)N)NC(=O)C(N)CC(=O)O)C(=O)O. The number of hydrogen-bond donors (Lipinski definition) is 10. The van der Waals surface area contributed by atoms with Gasteiger partial charge in [-0.2, -0.15) is 0 Å². The molecule has 0 fully saturated rings. The third kappa shape index (κ3) is 12.7. The van der Waals surface area contributed by atoms with Crippen molar-refractivity contribution in [3.05, 3.63) is 0 Å². The summed E-state index contributed by atoms with van der Waals surface area (Å²) in [6.45, 7) is 1.11. The van der Waals surface area contributed by atoms with E-state index in [4.69, 9.17) is 32.5 Å². The number of amides is 3. The number of aliphatic imine (C=N–C) groups is 1. The molecule has 0 aliphatic carbocycles. The van der Waals surface area contributed by atoms with E-state index < -0.39 is 78.7 Å². The summed E-state index contributed by atoms with van der Waals surface area (Å²) < 4.78 is 0. The first-order valence-electron chi connectivity index (χ1n) is 10.2. The van der Waals surface area contributed by atoms with Gasteiger partial charge >= 0.3 is 17.9 Å². The molecular formula is C18H31N7O10. The van der Waals surface area contributed by atoms with Crippen LogP contribution in [-0.2, 0) is 28.8 Å². The second kappa shape index (κ2) is 15.0. The van der Waals surface area contributed by atoms with Gasteiger partial charge in [0.05, 0.1) is 25.0 Å². The molecule has 0 saturated carbocycles. The fraction of sp³-hybridized carbons (Fsp3) is 0.611. The van der Waals surface area contributed by atoms with Crippen molar-refractivity contribution in [1.29, 1.82) is 0 Å². The zero-order valence-electron chi connectivity index (χ0n) is 18.8. The Morgan fingerprint density at radius 1 is 0.829 bits per heavy atom. The van der Waals surface area contributed by atoms with Crippen molar-refractivity contribution in [2.75, 3.05) is 6.54 Å². The number of nitrogens with one attached hydrogen (secondary N) is 3. The molecule has 0 aromatic heterocycles. The first-order valence-corrected chi connectivity index (χ1v) is 10.2. The van der Waals surface area contributed by atoms with Crippen molar-refractivity contribution in [1.82, 2.24) is 16.0 Å². The lowest BCUT2D eigenvalue weighted by molar-refractivity contribution is -0.146. The normalized spacial score (nSPS) is 14.8. The molecule has 0 bridgehead atoms. The number of rotatable bonds is 16. The Morgan fingerprint density at radius 3 is 1.80 bits per heavy atom. The monoisotopic (exact) mass is 505 g/mol. The van der Waals surface area contributed by atoms with Gasteiger partial charge in [-0.15, -0.1) is 0 Å². The highest BCUT2D eigenvalue weighted by atomic mass is 16.4. The molecule has 13 N–H and O–H groups in total. The van der Waals surface area contributed by atoms with E-state index in [1.807, 2.05) is 5.32 Å². The van der Waals surface area contributed by atoms with Crippen LogP contribution in [-0.4, -0.2) is 98.8 Å². The van der Waals surface area contributed by atoms with Gasteiger partial charge in [0.1, 0.15) is 12.1 Å². The highest BCUT2D eigenvalue weighted by Gasteiger charge is 2.33. The van der Waals surface area contributed by atoms with Gasteiger partial charge < -0.3 is 53.6 Å². The molecule has 0 aromatic carbocycles. The molecule has 35 heavy (non-hydrogen) atoms. The van der Waals surface area contributed by atoms with E-state index in [2.05, 4.69) is 15.6 Å². The molecular weight excluding hydrogens is 474 g/mol. The van der Waals surface area contributed by atoms with Crippen LogP contribution in [0, 0.1) is 0 Å². The smallest absolute Gasteiger partial charge is 0.328 e. The average molecular weight is 505 g/mol. The molecule has 17 nitrogen and oxygen atoms in total. The predicted molar refractivity (Wildman–Crippen MR) is 118 cm³/mol.